The summed E-state index contributed by atoms with van der Waals surface area (Å²) in [7, 11) is 0. The van der Waals surface area contributed by atoms with Crippen molar-refractivity contribution in [1.82, 2.24) is 0 Å². The summed E-state index contributed by atoms with van der Waals surface area (Å²) in [6, 6.07) is 7.76. The van der Waals surface area contributed by atoms with E-state index in [-0.39, 0.29) is 18.8 Å². The van der Waals surface area contributed by atoms with Gasteiger partial charge in [0.15, 0.2) is 5.79 Å². The van der Waals surface area contributed by atoms with Crippen LogP contribution in [0.4, 0.5) is 0 Å². The lowest BCUT2D eigenvalue weighted by molar-refractivity contribution is -0.198. The summed E-state index contributed by atoms with van der Waals surface area (Å²) < 4.78 is 12.0. The topological polar surface area (TPSA) is 58.9 Å². The highest BCUT2D eigenvalue weighted by atomic mass is 16.7. The van der Waals surface area contributed by atoms with Crippen LogP contribution in [0.15, 0.2) is 24.3 Å². The molecule has 2 aliphatic rings. The van der Waals surface area contributed by atoms with Crippen molar-refractivity contribution < 1.29 is 19.7 Å². The maximum atomic E-state index is 9.57. The van der Waals surface area contributed by atoms with Gasteiger partial charge < -0.3 is 19.7 Å². The second-order valence-electron chi connectivity index (χ2n) is 5.42. The van der Waals surface area contributed by atoms with Gasteiger partial charge in [-0.15, -0.1) is 0 Å². The van der Waals surface area contributed by atoms with Crippen LogP contribution in [0.3, 0.4) is 0 Å². The van der Waals surface area contributed by atoms with Crippen molar-refractivity contribution in [1.29, 1.82) is 0 Å². The normalized spacial score (nSPS) is 34.8. The van der Waals surface area contributed by atoms with E-state index >= 15 is 0 Å². The molecule has 1 heterocycles. The second-order valence-corrected chi connectivity index (χ2v) is 5.42. The molecule has 1 aliphatic heterocycles. The number of hydrogen-bond acceptors (Lipinski definition) is 4. The Balaban J connectivity index is 1.75. The van der Waals surface area contributed by atoms with E-state index in [2.05, 4.69) is 0 Å². The van der Waals surface area contributed by atoms with Gasteiger partial charge in [0.05, 0.1) is 19.3 Å². The first-order valence-corrected chi connectivity index (χ1v) is 6.91. The third-order valence-electron chi connectivity index (χ3n) is 4.14. The standard InChI is InChI=1S/C15H20O4/c16-9-11-3-1-2-4-13(11)14-10-18-15(19-14)7-5-12(17)6-8-15/h1-4,12,14,16-17H,5-10H2. The van der Waals surface area contributed by atoms with Crippen molar-refractivity contribution in [3.05, 3.63) is 35.4 Å². The Morgan fingerprint density at radius 3 is 2.68 bits per heavy atom. The summed E-state index contributed by atoms with van der Waals surface area (Å²) in [5, 5.41) is 19.0. The zero-order valence-electron chi connectivity index (χ0n) is 10.9. The van der Waals surface area contributed by atoms with Crippen LogP contribution < -0.4 is 0 Å². The number of rotatable bonds is 2. The fourth-order valence-corrected chi connectivity index (χ4v) is 3.00. The molecule has 4 nitrogen and oxygen atoms in total. The molecular formula is C15H20O4. The molecule has 19 heavy (non-hydrogen) atoms. The average molecular weight is 264 g/mol. The molecular weight excluding hydrogens is 244 g/mol. The fourth-order valence-electron chi connectivity index (χ4n) is 3.00. The molecule has 0 amide bonds. The summed E-state index contributed by atoms with van der Waals surface area (Å²) in [6.45, 7) is 0.537. The lowest BCUT2D eigenvalue weighted by atomic mass is 9.92. The lowest BCUT2D eigenvalue weighted by Crippen LogP contribution is -2.36. The predicted molar refractivity (Wildman–Crippen MR) is 69.3 cm³/mol. The van der Waals surface area contributed by atoms with E-state index in [0.29, 0.717) is 6.61 Å². The van der Waals surface area contributed by atoms with Crippen LogP contribution in [0.1, 0.15) is 42.9 Å². The van der Waals surface area contributed by atoms with Gasteiger partial charge in [0.1, 0.15) is 6.10 Å². The van der Waals surface area contributed by atoms with Gasteiger partial charge in [0.25, 0.3) is 0 Å². The van der Waals surface area contributed by atoms with Crippen molar-refractivity contribution in [2.45, 2.75) is 50.3 Å². The molecule has 1 unspecified atom stereocenters. The van der Waals surface area contributed by atoms with Crippen molar-refractivity contribution in [3.63, 3.8) is 0 Å². The summed E-state index contributed by atoms with van der Waals surface area (Å²) in [6.07, 6.45) is 2.61. The van der Waals surface area contributed by atoms with Crippen LogP contribution in [0.2, 0.25) is 0 Å². The number of ether oxygens (including phenoxy) is 2. The van der Waals surface area contributed by atoms with E-state index in [1.54, 1.807) is 0 Å². The first-order chi connectivity index (χ1) is 9.22. The Morgan fingerprint density at radius 1 is 1.21 bits per heavy atom. The van der Waals surface area contributed by atoms with E-state index < -0.39 is 5.79 Å². The van der Waals surface area contributed by atoms with Gasteiger partial charge in [0.2, 0.25) is 0 Å². The molecule has 1 saturated heterocycles. The largest absolute Gasteiger partial charge is 0.393 e. The van der Waals surface area contributed by atoms with Crippen molar-refractivity contribution >= 4 is 0 Å². The number of aliphatic hydroxyl groups excluding tert-OH is 2. The highest BCUT2D eigenvalue weighted by molar-refractivity contribution is 5.29. The molecule has 1 aliphatic carbocycles. The summed E-state index contributed by atoms with van der Waals surface area (Å²) in [4.78, 5) is 0. The van der Waals surface area contributed by atoms with Gasteiger partial charge in [-0.3, -0.25) is 0 Å². The molecule has 0 aromatic heterocycles. The van der Waals surface area contributed by atoms with Crippen LogP contribution in [0.5, 0.6) is 0 Å². The van der Waals surface area contributed by atoms with Gasteiger partial charge in [-0.25, -0.2) is 0 Å². The summed E-state index contributed by atoms with van der Waals surface area (Å²) in [5.41, 5.74) is 1.90. The van der Waals surface area contributed by atoms with E-state index in [1.807, 2.05) is 24.3 Å². The molecule has 0 radical (unpaired) electrons. The summed E-state index contributed by atoms with van der Waals surface area (Å²) >= 11 is 0. The van der Waals surface area contributed by atoms with Crippen LogP contribution in [-0.2, 0) is 16.1 Å². The minimum atomic E-state index is -0.521. The molecule has 2 fully saturated rings. The van der Waals surface area contributed by atoms with Gasteiger partial charge in [-0.2, -0.15) is 0 Å². The minimum Gasteiger partial charge on any atom is -0.393 e. The van der Waals surface area contributed by atoms with Crippen molar-refractivity contribution in [2.75, 3.05) is 6.61 Å². The Kier molecular flexibility index (Phi) is 3.58. The van der Waals surface area contributed by atoms with Crippen LogP contribution in [0, 0.1) is 0 Å². The Bertz CT molecular complexity index is 438. The predicted octanol–water partition coefficient (Wildman–Crippen LogP) is 1.90. The van der Waals surface area contributed by atoms with E-state index in [0.717, 1.165) is 36.8 Å². The third kappa shape index (κ3) is 2.54. The summed E-state index contributed by atoms with van der Waals surface area (Å²) in [5.74, 6) is -0.521. The van der Waals surface area contributed by atoms with Crippen LogP contribution >= 0.6 is 0 Å². The van der Waals surface area contributed by atoms with Gasteiger partial charge in [0, 0.05) is 12.8 Å². The second kappa shape index (κ2) is 5.21. The molecule has 3 rings (SSSR count). The molecule has 2 N–H and O–H groups in total. The van der Waals surface area contributed by atoms with Gasteiger partial charge >= 0.3 is 0 Å². The monoisotopic (exact) mass is 264 g/mol. The molecule has 1 atom stereocenters. The molecule has 1 spiro atoms. The third-order valence-corrected chi connectivity index (χ3v) is 4.14. The Morgan fingerprint density at radius 2 is 1.95 bits per heavy atom. The van der Waals surface area contributed by atoms with E-state index in [1.165, 1.54) is 0 Å². The maximum Gasteiger partial charge on any atom is 0.169 e. The smallest absolute Gasteiger partial charge is 0.169 e. The number of hydrogen-bond donors (Lipinski definition) is 2. The van der Waals surface area contributed by atoms with Crippen molar-refractivity contribution in [3.8, 4) is 0 Å². The first kappa shape index (κ1) is 13.1. The fraction of sp³-hybridized carbons (Fsp3) is 0.600. The minimum absolute atomic E-state index is 0.0156. The molecule has 1 aromatic carbocycles. The van der Waals surface area contributed by atoms with Crippen molar-refractivity contribution in [2.24, 2.45) is 0 Å². The maximum absolute atomic E-state index is 9.57. The molecule has 104 valence electrons. The average Bonchev–Trinajstić information content (AvgIpc) is 2.86. The van der Waals surface area contributed by atoms with E-state index in [4.69, 9.17) is 9.47 Å². The lowest BCUT2D eigenvalue weighted by Gasteiger charge is -2.34. The highest BCUT2D eigenvalue weighted by Crippen LogP contribution is 2.43. The first-order valence-electron chi connectivity index (χ1n) is 6.91. The highest BCUT2D eigenvalue weighted by Gasteiger charge is 2.44. The molecule has 1 saturated carbocycles. The van der Waals surface area contributed by atoms with Gasteiger partial charge in [-0.05, 0) is 24.0 Å². The SMILES string of the molecule is OCc1ccccc1C1COC2(CCC(O)CC2)O1. The Hall–Kier alpha value is -0.940. The van der Waals surface area contributed by atoms with E-state index in [9.17, 15) is 10.2 Å². The zero-order valence-corrected chi connectivity index (χ0v) is 10.9. The van der Waals surface area contributed by atoms with Crippen LogP contribution in [0.25, 0.3) is 0 Å². The Labute approximate surface area is 113 Å². The molecule has 4 heteroatoms. The molecule has 1 aromatic rings. The molecule has 0 bridgehead atoms. The number of benzene rings is 1. The van der Waals surface area contributed by atoms with Gasteiger partial charge in [-0.1, -0.05) is 24.3 Å². The zero-order chi connectivity index (χ0) is 13.3. The number of aliphatic hydroxyl groups is 2. The van der Waals surface area contributed by atoms with Crippen LogP contribution in [-0.4, -0.2) is 28.7 Å². The quantitative estimate of drug-likeness (QED) is 0.856.